The van der Waals surface area contributed by atoms with Crippen molar-refractivity contribution in [2.45, 2.75) is 13.0 Å². The molecule has 0 unspecified atom stereocenters. The van der Waals surface area contributed by atoms with E-state index in [1.54, 1.807) is 12.1 Å². The fraction of sp³-hybridized carbons (Fsp3) is 0.250. The molecular weight excluding hydrogens is 278 g/mol. The smallest absolute Gasteiger partial charge is 0.358 e. The van der Waals surface area contributed by atoms with Crippen molar-refractivity contribution in [2.24, 2.45) is 5.73 Å². The Morgan fingerprint density at radius 3 is 2.86 bits per heavy atom. The molecule has 0 amide bonds. The van der Waals surface area contributed by atoms with E-state index < -0.39 is 10.9 Å². The van der Waals surface area contributed by atoms with E-state index in [2.05, 4.69) is 10.3 Å². The van der Waals surface area contributed by atoms with Crippen LogP contribution < -0.4 is 5.73 Å². The number of nitro benzene ring substituents is 1. The summed E-state index contributed by atoms with van der Waals surface area (Å²) in [5.74, 6) is -1.18. The molecule has 0 aliphatic heterocycles. The van der Waals surface area contributed by atoms with Gasteiger partial charge < -0.3 is 10.8 Å². The third kappa shape index (κ3) is 3.20. The molecule has 0 atom stereocenters. The molecule has 110 valence electrons. The van der Waals surface area contributed by atoms with Crippen molar-refractivity contribution in [3.63, 3.8) is 0 Å². The first-order valence-corrected chi connectivity index (χ1v) is 6.12. The Hall–Kier alpha value is -2.81. The van der Waals surface area contributed by atoms with Crippen molar-refractivity contribution >= 4 is 11.7 Å². The number of carboxylic acid groups (broad SMARTS) is 1. The highest BCUT2D eigenvalue weighted by molar-refractivity contribution is 5.86. The van der Waals surface area contributed by atoms with Crippen LogP contribution in [-0.2, 0) is 13.0 Å². The zero-order chi connectivity index (χ0) is 15.4. The van der Waals surface area contributed by atoms with Gasteiger partial charge in [0.25, 0.3) is 5.69 Å². The van der Waals surface area contributed by atoms with Gasteiger partial charge in [0.1, 0.15) is 0 Å². The highest BCUT2D eigenvalue weighted by Crippen LogP contribution is 2.15. The molecule has 0 aliphatic rings. The third-order valence-corrected chi connectivity index (χ3v) is 2.88. The largest absolute Gasteiger partial charge is 0.476 e. The molecular formula is C12H13N5O4. The Morgan fingerprint density at radius 1 is 1.48 bits per heavy atom. The minimum atomic E-state index is -1.18. The normalized spacial score (nSPS) is 10.5. The standard InChI is InChI=1S/C12H13N5O4/c13-5-4-10-11(12(18)19)14-15-16(10)7-8-2-1-3-9(6-8)17(20)21/h1-3,6H,4-5,7,13H2,(H,18,19). The maximum Gasteiger partial charge on any atom is 0.358 e. The maximum absolute atomic E-state index is 11.1. The molecule has 0 saturated heterocycles. The lowest BCUT2D eigenvalue weighted by Gasteiger charge is -2.06. The van der Waals surface area contributed by atoms with Crippen molar-refractivity contribution in [3.8, 4) is 0 Å². The van der Waals surface area contributed by atoms with E-state index in [1.807, 2.05) is 0 Å². The summed E-state index contributed by atoms with van der Waals surface area (Å²) in [5, 5.41) is 27.2. The van der Waals surface area contributed by atoms with Crippen LogP contribution in [0.25, 0.3) is 0 Å². The third-order valence-electron chi connectivity index (χ3n) is 2.88. The summed E-state index contributed by atoms with van der Waals surface area (Å²) in [5.41, 5.74) is 6.31. The lowest BCUT2D eigenvalue weighted by molar-refractivity contribution is -0.384. The van der Waals surface area contributed by atoms with Gasteiger partial charge in [-0.15, -0.1) is 5.10 Å². The molecule has 1 heterocycles. The zero-order valence-corrected chi connectivity index (χ0v) is 11.0. The zero-order valence-electron chi connectivity index (χ0n) is 11.0. The summed E-state index contributed by atoms with van der Waals surface area (Å²) in [6, 6.07) is 6.05. The molecule has 0 fully saturated rings. The molecule has 1 aromatic carbocycles. The molecule has 2 rings (SSSR count). The van der Waals surface area contributed by atoms with E-state index in [4.69, 9.17) is 10.8 Å². The number of hydrogen-bond acceptors (Lipinski definition) is 6. The van der Waals surface area contributed by atoms with Gasteiger partial charge in [0.05, 0.1) is 17.2 Å². The first-order valence-electron chi connectivity index (χ1n) is 6.12. The number of carboxylic acids is 1. The van der Waals surface area contributed by atoms with Gasteiger partial charge in [0, 0.05) is 18.6 Å². The minimum Gasteiger partial charge on any atom is -0.476 e. The van der Waals surface area contributed by atoms with E-state index in [9.17, 15) is 14.9 Å². The topological polar surface area (TPSA) is 137 Å². The summed E-state index contributed by atoms with van der Waals surface area (Å²) in [7, 11) is 0. The molecule has 0 radical (unpaired) electrons. The molecule has 21 heavy (non-hydrogen) atoms. The van der Waals surface area contributed by atoms with Crippen LogP contribution in [0, 0.1) is 10.1 Å². The summed E-state index contributed by atoms with van der Waals surface area (Å²) in [6.45, 7) is 0.444. The van der Waals surface area contributed by atoms with Crippen molar-refractivity contribution in [2.75, 3.05) is 6.54 Å². The molecule has 2 aromatic rings. The first-order chi connectivity index (χ1) is 10.0. The number of rotatable bonds is 6. The Kier molecular flexibility index (Phi) is 4.24. The lowest BCUT2D eigenvalue weighted by Crippen LogP contribution is -2.14. The van der Waals surface area contributed by atoms with Crippen molar-refractivity contribution < 1.29 is 14.8 Å². The fourth-order valence-corrected chi connectivity index (χ4v) is 1.95. The Bertz CT molecular complexity index is 682. The van der Waals surface area contributed by atoms with Crippen LogP contribution in [0.4, 0.5) is 5.69 Å². The molecule has 0 saturated carbocycles. The van der Waals surface area contributed by atoms with Crippen molar-refractivity contribution in [3.05, 3.63) is 51.3 Å². The Labute approximate surface area is 119 Å². The maximum atomic E-state index is 11.1. The molecule has 1 aromatic heterocycles. The van der Waals surface area contributed by atoms with Crippen LogP contribution in [0.15, 0.2) is 24.3 Å². The van der Waals surface area contributed by atoms with Crippen LogP contribution in [-0.4, -0.2) is 37.5 Å². The average Bonchev–Trinajstić information content (AvgIpc) is 2.83. The van der Waals surface area contributed by atoms with Gasteiger partial charge in [-0.25, -0.2) is 9.48 Å². The van der Waals surface area contributed by atoms with Gasteiger partial charge in [-0.3, -0.25) is 10.1 Å². The van der Waals surface area contributed by atoms with Crippen LogP contribution in [0.1, 0.15) is 21.7 Å². The van der Waals surface area contributed by atoms with Crippen molar-refractivity contribution in [1.82, 2.24) is 15.0 Å². The van der Waals surface area contributed by atoms with E-state index in [1.165, 1.54) is 16.8 Å². The molecule has 0 spiro atoms. The SMILES string of the molecule is NCCc1c(C(=O)O)nnn1Cc1cccc([N+](=O)[O-])c1. The second kappa shape index (κ2) is 6.09. The summed E-state index contributed by atoms with van der Waals surface area (Å²) in [4.78, 5) is 21.3. The van der Waals surface area contributed by atoms with E-state index in [0.717, 1.165) is 0 Å². The molecule has 9 heteroatoms. The molecule has 0 bridgehead atoms. The number of non-ortho nitro benzene ring substituents is 1. The minimum absolute atomic E-state index is 0.0357. The van der Waals surface area contributed by atoms with Gasteiger partial charge in [-0.2, -0.15) is 0 Å². The first kappa shape index (κ1) is 14.6. The quantitative estimate of drug-likeness (QED) is 0.581. The van der Waals surface area contributed by atoms with Gasteiger partial charge in [0.2, 0.25) is 0 Å². The van der Waals surface area contributed by atoms with Gasteiger partial charge in [0.15, 0.2) is 5.69 Å². The predicted molar refractivity (Wildman–Crippen MR) is 71.9 cm³/mol. The van der Waals surface area contributed by atoms with Crippen LogP contribution in [0.5, 0.6) is 0 Å². The Morgan fingerprint density at radius 2 is 2.24 bits per heavy atom. The number of aromatic nitrogens is 3. The Balaban J connectivity index is 2.33. The highest BCUT2D eigenvalue weighted by Gasteiger charge is 2.18. The van der Waals surface area contributed by atoms with Crippen LogP contribution in [0.2, 0.25) is 0 Å². The second-order valence-electron chi connectivity index (χ2n) is 4.31. The second-order valence-corrected chi connectivity index (χ2v) is 4.31. The highest BCUT2D eigenvalue weighted by atomic mass is 16.6. The van der Waals surface area contributed by atoms with Gasteiger partial charge in [-0.1, -0.05) is 17.3 Å². The molecule has 0 aliphatic carbocycles. The number of nitro groups is 1. The number of aromatic carboxylic acids is 1. The number of nitrogens with zero attached hydrogens (tertiary/aromatic N) is 4. The van der Waals surface area contributed by atoms with Crippen LogP contribution in [0.3, 0.4) is 0 Å². The summed E-state index contributed by atoms with van der Waals surface area (Å²) in [6.07, 6.45) is 0.309. The number of hydrogen-bond donors (Lipinski definition) is 2. The molecule has 3 N–H and O–H groups in total. The molecule has 9 nitrogen and oxygen atoms in total. The fourth-order valence-electron chi connectivity index (χ4n) is 1.95. The van der Waals surface area contributed by atoms with Gasteiger partial charge >= 0.3 is 5.97 Å². The summed E-state index contributed by atoms with van der Waals surface area (Å²) >= 11 is 0. The van der Waals surface area contributed by atoms with Crippen LogP contribution >= 0.6 is 0 Å². The predicted octanol–water partition coefficient (Wildman–Crippen LogP) is 0.434. The van der Waals surface area contributed by atoms with E-state index in [-0.39, 0.29) is 24.5 Å². The van der Waals surface area contributed by atoms with Gasteiger partial charge in [-0.05, 0) is 12.1 Å². The number of carbonyl (C=O) groups is 1. The van der Waals surface area contributed by atoms with E-state index in [0.29, 0.717) is 17.7 Å². The summed E-state index contributed by atoms with van der Waals surface area (Å²) < 4.78 is 1.40. The monoisotopic (exact) mass is 291 g/mol. The van der Waals surface area contributed by atoms with E-state index >= 15 is 0 Å². The lowest BCUT2D eigenvalue weighted by atomic mass is 10.2. The number of benzene rings is 1. The van der Waals surface area contributed by atoms with Crippen molar-refractivity contribution in [1.29, 1.82) is 0 Å². The average molecular weight is 291 g/mol. The number of nitrogens with two attached hydrogens (primary N) is 1.